The first-order valence-electron chi connectivity index (χ1n) is 8.98. The van der Waals surface area contributed by atoms with Gasteiger partial charge in [0.05, 0.1) is 11.2 Å². The second-order valence-electron chi connectivity index (χ2n) is 7.88. The van der Waals surface area contributed by atoms with Crippen LogP contribution in [0.2, 0.25) is 0 Å². The van der Waals surface area contributed by atoms with E-state index in [0.29, 0.717) is 5.39 Å². The number of pyridine rings is 1. The maximum atomic E-state index is 12.6. The smallest absolute Gasteiger partial charge is 0.399 e. The minimum atomic E-state index is -0.573. The van der Waals surface area contributed by atoms with Crippen molar-refractivity contribution in [1.29, 1.82) is 5.41 Å². The van der Waals surface area contributed by atoms with Crippen LogP contribution in [0, 0.1) is 5.41 Å². The van der Waals surface area contributed by atoms with Crippen LogP contribution < -0.4 is 16.3 Å². The predicted molar refractivity (Wildman–Crippen MR) is 111 cm³/mol. The zero-order valence-corrected chi connectivity index (χ0v) is 16.7. The summed E-state index contributed by atoms with van der Waals surface area (Å²) in [6.07, 6.45) is 4.82. The van der Waals surface area contributed by atoms with Crippen molar-refractivity contribution in [2.24, 2.45) is 7.05 Å². The molecule has 1 saturated heterocycles. The van der Waals surface area contributed by atoms with E-state index in [-0.39, 0.29) is 5.56 Å². The molecule has 1 aliphatic heterocycles. The van der Waals surface area contributed by atoms with Gasteiger partial charge >= 0.3 is 7.12 Å². The van der Waals surface area contributed by atoms with Gasteiger partial charge in [-0.15, -0.1) is 0 Å². The van der Waals surface area contributed by atoms with Crippen LogP contribution in [0.3, 0.4) is 0 Å². The van der Waals surface area contributed by atoms with E-state index in [0.717, 1.165) is 22.0 Å². The zero-order valence-electron chi connectivity index (χ0n) is 16.7. The van der Waals surface area contributed by atoms with Crippen LogP contribution in [-0.4, -0.2) is 36.1 Å². The molecule has 0 aliphatic carbocycles. The van der Waals surface area contributed by atoms with Crippen molar-refractivity contribution < 1.29 is 9.31 Å². The Labute approximate surface area is 159 Å². The first-order chi connectivity index (χ1) is 12.6. The van der Waals surface area contributed by atoms with Gasteiger partial charge in [-0.2, -0.15) is 0 Å². The molecule has 1 aromatic heterocycles. The van der Waals surface area contributed by atoms with Gasteiger partial charge < -0.3 is 24.6 Å². The Morgan fingerprint density at radius 2 is 1.81 bits per heavy atom. The first-order valence-corrected chi connectivity index (χ1v) is 8.98. The number of nitrogens with one attached hydrogen (secondary N) is 2. The summed E-state index contributed by atoms with van der Waals surface area (Å²) in [6, 6.07) is 5.58. The highest BCUT2D eigenvalue weighted by atomic mass is 16.7. The zero-order chi connectivity index (χ0) is 20.0. The van der Waals surface area contributed by atoms with Gasteiger partial charge in [0.25, 0.3) is 5.56 Å². The fraction of sp³-hybridized carbons (Fsp3) is 0.400. The Kier molecular flexibility index (Phi) is 4.78. The van der Waals surface area contributed by atoms with Crippen LogP contribution in [0.5, 0.6) is 0 Å². The number of fused-ring (bicyclic) bond motifs is 1. The minimum Gasteiger partial charge on any atom is -0.399 e. The standard InChI is InChI=1S/C20H26BN3O3/c1-19(2)20(3,4)27-21(26-19)17-12-24(6)18(25)15-8-7-13(9-16(15)17)14(10-22)11-23-5/h7-12,22-23H,1-6H3/b14-11+,22-10?. The van der Waals surface area contributed by atoms with Crippen molar-refractivity contribution in [3.05, 3.63) is 46.5 Å². The highest BCUT2D eigenvalue weighted by Gasteiger charge is 2.52. The van der Waals surface area contributed by atoms with Gasteiger partial charge in [0, 0.05) is 49.1 Å². The topological polar surface area (TPSA) is 76.3 Å². The molecule has 0 amide bonds. The number of hydrogen-bond donors (Lipinski definition) is 2. The molecule has 3 rings (SSSR count). The second-order valence-corrected chi connectivity index (χ2v) is 7.88. The van der Waals surface area contributed by atoms with Crippen LogP contribution >= 0.6 is 0 Å². The van der Waals surface area contributed by atoms with Gasteiger partial charge in [-0.3, -0.25) is 4.79 Å². The predicted octanol–water partition coefficient (Wildman–Crippen LogP) is 2.05. The van der Waals surface area contributed by atoms with Crippen molar-refractivity contribution in [3.8, 4) is 0 Å². The molecule has 0 bridgehead atoms. The number of rotatable bonds is 4. The summed E-state index contributed by atoms with van der Waals surface area (Å²) in [5, 5.41) is 12.0. The molecule has 0 unspecified atom stereocenters. The summed E-state index contributed by atoms with van der Waals surface area (Å²) in [7, 11) is 2.95. The van der Waals surface area contributed by atoms with E-state index in [2.05, 4.69) is 5.32 Å². The molecular weight excluding hydrogens is 341 g/mol. The van der Waals surface area contributed by atoms with Crippen LogP contribution in [0.25, 0.3) is 16.3 Å². The van der Waals surface area contributed by atoms with E-state index in [1.54, 1.807) is 37.1 Å². The third-order valence-corrected chi connectivity index (χ3v) is 5.51. The Balaban J connectivity index is 2.23. The Morgan fingerprint density at radius 3 is 2.37 bits per heavy atom. The monoisotopic (exact) mass is 367 g/mol. The molecule has 6 nitrogen and oxygen atoms in total. The summed E-state index contributed by atoms with van der Waals surface area (Å²) >= 11 is 0. The molecule has 7 heteroatoms. The molecule has 0 spiro atoms. The molecule has 0 atom stereocenters. The van der Waals surface area contributed by atoms with Gasteiger partial charge in [0.15, 0.2) is 0 Å². The summed E-state index contributed by atoms with van der Waals surface area (Å²) in [5.74, 6) is 0. The van der Waals surface area contributed by atoms with Crippen molar-refractivity contribution in [2.75, 3.05) is 7.05 Å². The Bertz CT molecular complexity index is 976. The van der Waals surface area contributed by atoms with E-state index in [9.17, 15) is 4.79 Å². The Morgan fingerprint density at radius 1 is 1.19 bits per heavy atom. The maximum Gasteiger partial charge on any atom is 0.496 e. The van der Waals surface area contributed by atoms with Gasteiger partial charge in [-0.25, -0.2) is 0 Å². The summed E-state index contributed by atoms with van der Waals surface area (Å²) in [5.41, 5.74) is 1.36. The van der Waals surface area contributed by atoms with Crippen molar-refractivity contribution in [3.63, 3.8) is 0 Å². The lowest BCUT2D eigenvalue weighted by molar-refractivity contribution is 0.00578. The molecule has 1 aromatic carbocycles. The van der Waals surface area contributed by atoms with Crippen LogP contribution in [0.1, 0.15) is 33.3 Å². The van der Waals surface area contributed by atoms with E-state index in [1.807, 2.05) is 39.8 Å². The lowest BCUT2D eigenvalue weighted by Crippen LogP contribution is -2.41. The molecule has 0 saturated carbocycles. The van der Waals surface area contributed by atoms with Gasteiger partial charge in [0.1, 0.15) is 0 Å². The molecule has 2 heterocycles. The number of aryl methyl sites for hydroxylation is 1. The van der Waals surface area contributed by atoms with Gasteiger partial charge in [-0.1, -0.05) is 6.07 Å². The van der Waals surface area contributed by atoms with Crippen LogP contribution in [0.4, 0.5) is 0 Å². The normalized spacial score (nSPS) is 18.7. The largest absolute Gasteiger partial charge is 0.496 e. The molecule has 142 valence electrons. The SMILES string of the molecule is CN/C=C(\C=N)c1ccc2c(=O)n(C)cc(B3OC(C)(C)C(C)(C)O3)c2c1. The Hall–Kier alpha value is -2.38. The van der Waals surface area contributed by atoms with E-state index in [4.69, 9.17) is 14.7 Å². The molecule has 2 N–H and O–H groups in total. The van der Waals surface area contributed by atoms with E-state index >= 15 is 0 Å². The molecular formula is C20H26BN3O3. The lowest BCUT2D eigenvalue weighted by atomic mass is 9.77. The quantitative estimate of drug-likeness (QED) is 0.641. The fourth-order valence-electron chi connectivity index (χ4n) is 3.20. The van der Waals surface area contributed by atoms with Crippen molar-refractivity contribution in [2.45, 2.75) is 38.9 Å². The molecule has 1 aliphatic rings. The van der Waals surface area contributed by atoms with Gasteiger partial charge in [0.2, 0.25) is 0 Å². The lowest BCUT2D eigenvalue weighted by Gasteiger charge is -2.32. The number of aromatic nitrogens is 1. The van der Waals surface area contributed by atoms with Crippen LogP contribution in [-0.2, 0) is 16.4 Å². The summed E-state index contributed by atoms with van der Waals surface area (Å²) in [4.78, 5) is 12.6. The van der Waals surface area contributed by atoms with E-state index < -0.39 is 18.3 Å². The minimum absolute atomic E-state index is 0.0779. The van der Waals surface area contributed by atoms with Crippen LogP contribution in [0.15, 0.2) is 35.4 Å². The van der Waals surface area contributed by atoms with Crippen molar-refractivity contribution in [1.82, 2.24) is 9.88 Å². The summed E-state index contributed by atoms with van der Waals surface area (Å²) < 4.78 is 14.0. The molecule has 27 heavy (non-hydrogen) atoms. The molecule has 1 fully saturated rings. The second kappa shape index (κ2) is 6.66. The number of nitrogens with zero attached hydrogens (tertiary/aromatic N) is 1. The average Bonchev–Trinajstić information content (AvgIpc) is 2.83. The van der Waals surface area contributed by atoms with Gasteiger partial charge in [-0.05, 0) is 50.8 Å². The number of hydrogen-bond acceptors (Lipinski definition) is 5. The summed E-state index contributed by atoms with van der Waals surface area (Å²) in [6.45, 7) is 8.02. The fourth-order valence-corrected chi connectivity index (χ4v) is 3.20. The third-order valence-electron chi connectivity index (χ3n) is 5.51. The number of benzene rings is 1. The average molecular weight is 367 g/mol. The third kappa shape index (κ3) is 3.21. The maximum absolute atomic E-state index is 12.6. The number of allylic oxidation sites excluding steroid dienone is 1. The highest BCUT2D eigenvalue weighted by Crippen LogP contribution is 2.37. The molecule has 2 aromatic rings. The van der Waals surface area contributed by atoms with Crippen molar-refractivity contribution >= 4 is 35.1 Å². The highest BCUT2D eigenvalue weighted by molar-refractivity contribution is 6.65. The molecule has 0 radical (unpaired) electrons. The van der Waals surface area contributed by atoms with E-state index in [1.165, 1.54) is 6.21 Å². The first kappa shape index (κ1) is 19.4.